The molecule has 0 unspecified atom stereocenters. The molecule has 0 bridgehead atoms. The molecule has 0 aliphatic rings. The molecule has 0 aromatic heterocycles. The van der Waals surface area contributed by atoms with Gasteiger partial charge >= 0.3 is 0 Å². The average Bonchev–Trinajstić information content (AvgIpc) is 2.41. The van der Waals surface area contributed by atoms with Gasteiger partial charge in [-0.1, -0.05) is 36.4 Å². The van der Waals surface area contributed by atoms with E-state index in [0.717, 1.165) is 17.1 Å². The quantitative estimate of drug-likeness (QED) is 0.513. The predicted molar refractivity (Wildman–Crippen MR) is 78.9 cm³/mol. The van der Waals surface area contributed by atoms with Gasteiger partial charge in [0.2, 0.25) is 0 Å². The van der Waals surface area contributed by atoms with Gasteiger partial charge in [0, 0.05) is 17.6 Å². The van der Waals surface area contributed by atoms with Crippen LogP contribution in [0.3, 0.4) is 0 Å². The van der Waals surface area contributed by atoms with Crippen LogP contribution in [0.25, 0.3) is 0 Å². The van der Waals surface area contributed by atoms with E-state index in [1.165, 1.54) is 5.56 Å². The van der Waals surface area contributed by atoms with Crippen molar-refractivity contribution >= 4 is 23.1 Å². The first-order valence-corrected chi connectivity index (χ1v) is 6.97. The van der Waals surface area contributed by atoms with Crippen molar-refractivity contribution < 1.29 is 4.92 Å². The Morgan fingerprint density at radius 2 is 1.74 bits per heavy atom. The summed E-state index contributed by atoms with van der Waals surface area (Å²) in [5.74, 6) is 1.62. The molecule has 2 N–H and O–H groups in total. The number of hydrogen-bond donors (Lipinski definition) is 1. The van der Waals surface area contributed by atoms with Gasteiger partial charge in [-0.3, -0.25) is 10.1 Å². The fourth-order valence-corrected chi connectivity index (χ4v) is 2.64. The van der Waals surface area contributed by atoms with Crippen molar-refractivity contribution in [3.05, 3.63) is 69.8 Å². The molecular weight excluding hydrogens is 260 g/mol. The first-order valence-electron chi connectivity index (χ1n) is 5.81. The third-order valence-corrected chi connectivity index (χ3v) is 3.75. The van der Waals surface area contributed by atoms with E-state index in [-0.39, 0.29) is 11.4 Å². The van der Waals surface area contributed by atoms with Gasteiger partial charge in [0.05, 0.1) is 4.92 Å². The summed E-state index contributed by atoms with van der Waals surface area (Å²) in [5.41, 5.74) is 7.92. The van der Waals surface area contributed by atoms with Gasteiger partial charge in [0.15, 0.2) is 0 Å². The summed E-state index contributed by atoms with van der Waals surface area (Å²) in [6.07, 6.45) is 0. The summed E-state index contributed by atoms with van der Waals surface area (Å²) in [6, 6.07) is 15.1. The van der Waals surface area contributed by atoms with Gasteiger partial charge in [-0.05, 0) is 17.2 Å². The molecule has 0 spiro atoms. The molecular formula is C14H14N2O2S. The van der Waals surface area contributed by atoms with Crippen molar-refractivity contribution in [3.8, 4) is 0 Å². The van der Waals surface area contributed by atoms with Gasteiger partial charge < -0.3 is 5.73 Å². The summed E-state index contributed by atoms with van der Waals surface area (Å²) >= 11 is 1.72. The summed E-state index contributed by atoms with van der Waals surface area (Å²) in [5, 5.41) is 10.8. The minimum absolute atomic E-state index is 0.0159. The Kier molecular flexibility index (Phi) is 4.41. The predicted octanol–water partition coefficient (Wildman–Crippen LogP) is 3.61. The van der Waals surface area contributed by atoms with Crippen LogP contribution in [0.4, 0.5) is 11.4 Å². The number of nitro benzene ring substituents is 1. The number of rotatable bonds is 5. The first-order chi connectivity index (χ1) is 9.16. The van der Waals surface area contributed by atoms with E-state index in [1.54, 1.807) is 23.9 Å². The fraction of sp³-hybridized carbons (Fsp3) is 0.143. The van der Waals surface area contributed by atoms with Crippen LogP contribution < -0.4 is 5.73 Å². The van der Waals surface area contributed by atoms with Crippen molar-refractivity contribution in [2.45, 2.75) is 11.5 Å². The van der Waals surface area contributed by atoms with E-state index >= 15 is 0 Å². The highest BCUT2D eigenvalue weighted by Gasteiger charge is 2.11. The van der Waals surface area contributed by atoms with Crippen LogP contribution in [0.15, 0.2) is 48.5 Å². The lowest BCUT2D eigenvalue weighted by Gasteiger charge is -2.04. The highest BCUT2D eigenvalue weighted by atomic mass is 32.2. The third kappa shape index (κ3) is 3.72. The molecule has 0 atom stereocenters. The molecule has 2 aromatic carbocycles. The number of nitrogens with two attached hydrogens (primary N) is 1. The van der Waals surface area contributed by atoms with Crippen LogP contribution in [0.1, 0.15) is 11.1 Å². The van der Waals surface area contributed by atoms with Gasteiger partial charge in [-0.25, -0.2) is 0 Å². The molecule has 2 aromatic rings. The van der Waals surface area contributed by atoms with Gasteiger partial charge in [0.1, 0.15) is 5.69 Å². The maximum absolute atomic E-state index is 10.8. The second kappa shape index (κ2) is 6.24. The van der Waals surface area contributed by atoms with Crippen molar-refractivity contribution in [1.29, 1.82) is 0 Å². The van der Waals surface area contributed by atoms with Crippen molar-refractivity contribution in [2.24, 2.45) is 0 Å². The fourth-order valence-electron chi connectivity index (χ4n) is 1.70. The summed E-state index contributed by atoms with van der Waals surface area (Å²) < 4.78 is 0. The molecule has 0 saturated carbocycles. The minimum atomic E-state index is -0.444. The summed E-state index contributed by atoms with van der Waals surface area (Å²) in [6.45, 7) is 0. The highest BCUT2D eigenvalue weighted by molar-refractivity contribution is 7.97. The molecule has 2 rings (SSSR count). The number of nitrogens with zero attached hydrogens (tertiary/aromatic N) is 1. The Labute approximate surface area is 115 Å². The van der Waals surface area contributed by atoms with Crippen molar-refractivity contribution in [1.82, 2.24) is 0 Å². The number of anilines is 1. The maximum Gasteiger partial charge on any atom is 0.292 e. The smallest absolute Gasteiger partial charge is 0.292 e. The van der Waals surface area contributed by atoms with Gasteiger partial charge in [-0.2, -0.15) is 11.8 Å². The highest BCUT2D eigenvalue weighted by Crippen LogP contribution is 2.25. The van der Waals surface area contributed by atoms with Crippen LogP contribution in [0, 0.1) is 10.1 Å². The Hall–Kier alpha value is -2.01. The number of nitro groups is 1. The largest absolute Gasteiger partial charge is 0.393 e. The van der Waals surface area contributed by atoms with E-state index in [0.29, 0.717) is 0 Å². The third-order valence-electron chi connectivity index (χ3n) is 2.67. The zero-order valence-electron chi connectivity index (χ0n) is 10.3. The summed E-state index contributed by atoms with van der Waals surface area (Å²) in [4.78, 5) is 10.3. The van der Waals surface area contributed by atoms with Crippen LogP contribution in [-0.4, -0.2) is 4.92 Å². The molecule has 0 amide bonds. The molecule has 0 heterocycles. The molecule has 0 aliphatic heterocycles. The lowest BCUT2D eigenvalue weighted by Crippen LogP contribution is -1.96. The van der Waals surface area contributed by atoms with E-state index in [2.05, 4.69) is 12.1 Å². The number of nitrogen functional groups attached to an aromatic ring is 1. The Bertz CT molecular complexity index is 573. The molecule has 98 valence electrons. The lowest BCUT2D eigenvalue weighted by atomic mass is 10.2. The maximum atomic E-state index is 10.8. The zero-order valence-corrected chi connectivity index (χ0v) is 11.1. The number of thioether (sulfide) groups is 1. The molecule has 4 nitrogen and oxygen atoms in total. The molecule has 0 fully saturated rings. The standard InChI is InChI=1S/C14H14N2O2S/c15-13-7-6-12(8-14(13)16(17)18)10-19-9-11-4-2-1-3-5-11/h1-8H,9-10,15H2. The second-order valence-electron chi connectivity index (χ2n) is 4.13. The topological polar surface area (TPSA) is 69.2 Å². The number of benzene rings is 2. The molecule has 0 aliphatic carbocycles. The molecule has 5 heteroatoms. The molecule has 0 radical (unpaired) electrons. The monoisotopic (exact) mass is 274 g/mol. The van der Waals surface area contributed by atoms with Crippen LogP contribution in [0.2, 0.25) is 0 Å². The Morgan fingerprint density at radius 3 is 2.42 bits per heavy atom. The molecule has 19 heavy (non-hydrogen) atoms. The Balaban J connectivity index is 1.97. The van der Waals surface area contributed by atoms with Gasteiger partial charge in [-0.15, -0.1) is 0 Å². The first kappa shape index (κ1) is 13.4. The molecule has 0 saturated heterocycles. The Morgan fingerprint density at radius 1 is 1.05 bits per heavy atom. The second-order valence-corrected chi connectivity index (χ2v) is 5.11. The van der Waals surface area contributed by atoms with Crippen LogP contribution in [0.5, 0.6) is 0 Å². The normalized spacial score (nSPS) is 10.3. The van der Waals surface area contributed by atoms with Gasteiger partial charge in [0.25, 0.3) is 5.69 Å². The van der Waals surface area contributed by atoms with E-state index in [1.807, 2.05) is 24.3 Å². The van der Waals surface area contributed by atoms with E-state index < -0.39 is 4.92 Å². The van der Waals surface area contributed by atoms with Crippen LogP contribution >= 0.6 is 11.8 Å². The van der Waals surface area contributed by atoms with E-state index in [4.69, 9.17) is 5.73 Å². The number of hydrogen-bond acceptors (Lipinski definition) is 4. The minimum Gasteiger partial charge on any atom is -0.393 e. The van der Waals surface area contributed by atoms with Crippen molar-refractivity contribution in [2.75, 3.05) is 5.73 Å². The average molecular weight is 274 g/mol. The summed E-state index contributed by atoms with van der Waals surface area (Å²) in [7, 11) is 0. The van der Waals surface area contributed by atoms with Crippen LogP contribution in [-0.2, 0) is 11.5 Å². The SMILES string of the molecule is Nc1ccc(CSCc2ccccc2)cc1[N+](=O)[O-]. The van der Waals surface area contributed by atoms with Crippen molar-refractivity contribution in [3.63, 3.8) is 0 Å². The van der Waals surface area contributed by atoms with E-state index in [9.17, 15) is 10.1 Å². The zero-order chi connectivity index (χ0) is 13.7. The lowest BCUT2D eigenvalue weighted by molar-refractivity contribution is -0.383.